The Morgan fingerprint density at radius 2 is 2.04 bits per heavy atom. The lowest BCUT2D eigenvalue weighted by atomic mass is 10.0. The van der Waals surface area contributed by atoms with Gasteiger partial charge in [-0.05, 0) is 44.6 Å². The Balaban J connectivity index is 1.48. The van der Waals surface area contributed by atoms with Crippen molar-refractivity contribution in [2.75, 3.05) is 13.7 Å². The van der Waals surface area contributed by atoms with Crippen LogP contribution < -0.4 is 0 Å². The number of amides is 1. The minimum Gasteiger partial charge on any atom is -0.450 e. The van der Waals surface area contributed by atoms with Crippen molar-refractivity contribution in [2.45, 2.75) is 51.2 Å². The molecule has 0 unspecified atom stereocenters. The Morgan fingerprint density at radius 1 is 1.21 bits per heavy atom. The van der Waals surface area contributed by atoms with Crippen LogP contribution in [0.4, 0.5) is 0 Å². The summed E-state index contributed by atoms with van der Waals surface area (Å²) in [6.45, 7) is -0.0490. The molecule has 6 nitrogen and oxygen atoms in total. The molecule has 1 heterocycles. The number of carbonyl (C=O) groups excluding carboxylic acids is 2. The van der Waals surface area contributed by atoms with E-state index in [1.54, 1.807) is 13.2 Å². The van der Waals surface area contributed by atoms with Gasteiger partial charge in [-0.15, -0.1) is 0 Å². The molecule has 1 fully saturated rings. The van der Waals surface area contributed by atoms with Crippen molar-refractivity contribution in [3.8, 4) is 0 Å². The second-order valence-corrected chi connectivity index (χ2v) is 7.35. The quantitative estimate of drug-likeness (QED) is 0.671. The molecule has 0 atom stereocenters. The van der Waals surface area contributed by atoms with Gasteiger partial charge in [-0.2, -0.15) is 0 Å². The van der Waals surface area contributed by atoms with E-state index in [9.17, 15) is 9.59 Å². The summed E-state index contributed by atoms with van der Waals surface area (Å²) in [4.78, 5) is 27.3. The third kappa shape index (κ3) is 3.83. The van der Waals surface area contributed by atoms with Crippen LogP contribution in [0.3, 0.4) is 0 Å². The summed E-state index contributed by atoms with van der Waals surface area (Å²) in [7, 11) is 1.56. The van der Waals surface area contributed by atoms with E-state index in [1.165, 1.54) is 6.42 Å². The van der Waals surface area contributed by atoms with Crippen LogP contribution in [-0.2, 0) is 20.9 Å². The summed E-state index contributed by atoms with van der Waals surface area (Å²) >= 11 is 0. The average Bonchev–Trinajstić information content (AvgIpc) is 3.48. The molecule has 1 aromatic heterocycles. The molecule has 4 rings (SSSR count). The number of nitrogens with zero attached hydrogens (tertiary/aromatic N) is 1. The van der Waals surface area contributed by atoms with Gasteiger partial charge in [-0.3, -0.25) is 4.79 Å². The van der Waals surface area contributed by atoms with Crippen LogP contribution in [0.25, 0.3) is 11.0 Å². The lowest BCUT2D eigenvalue weighted by molar-refractivity contribution is -0.133. The third-order valence-corrected chi connectivity index (χ3v) is 5.26. The van der Waals surface area contributed by atoms with E-state index >= 15 is 0 Å². The van der Waals surface area contributed by atoms with E-state index < -0.39 is 5.97 Å². The van der Waals surface area contributed by atoms with Gasteiger partial charge >= 0.3 is 5.97 Å². The van der Waals surface area contributed by atoms with Crippen LogP contribution in [0.5, 0.6) is 0 Å². The highest BCUT2D eigenvalue weighted by molar-refractivity contribution is 5.97. The van der Waals surface area contributed by atoms with Gasteiger partial charge < -0.3 is 18.8 Å². The van der Waals surface area contributed by atoms with Crippen molar-refractivity contribution >= 4 is 22.8 Å². The van der Waals surface area contributed by atoms with E-state index in [0.29, 0.717) is 11.1 Å². The van der Waals surface area contributed by atoms with Crippen molar-refractivity contribution < 1.29 is 23.5 Å². The molecule has 0 spiro atoms. The molecular formula is C22H25NO5. The van der Waals surface area contributed by atoms with E-state index in [-0.39, 0.29) is 30.9 Å². The highest BCUT2D eigenvalue weighted by Crippen LogP contribution is 2.34. The number of hydrogen-bond acceptors (Lipinski definition) is 5. The van der Waals surface area contributed by atoms with Gasteiger partial charge in [-0.1, -0.05) is 24.3 Å². The molecule has 2 aliphatic rings. The van der Waals surface area contributed by atoms with Crippen LogP contribution in [0.15, 0.2) is 40.5 Å². The fourth-order valence-corrected chi connectivity index (χ4v) is 3.78. The summed E-state index contributed by atoms with van der Waals surface area (Å²) < 4.78 is 16.3. The summed E-state index contributed by atoms with van der Waals surface area (Å²) in [6.07, 6.45) is 8.36. The molecule has 1 saturated carbocycles. The minimum absolute atomic E-state index is 0.103. The summed E-state index contributed by atoms with van der Waals surface area (Å²) in [6, 6.07) is 7.64. The maximum atomic E-state index is 12.8. The zero-order valence-electron chi connectivity index (χ0n) is 16.1. The van der Waals surface area contributed by atoms with Crippen LogP contribution in [0, 0.1) is 0 Å². The number of methoxy groups -OCH3 is 1. The van der Waals surface area contributed by atoms with Crippen molar-refractivity contribution in [3.05, 3.63) is 47.4 Å². The first-order valence-corrected chi connectivity index (χ1v) is 9.86. The molecule has 2 aromatic rings. The molecule has 148 valence electrons. The van der Waals surface area contributed by atoms with Crippen LogP contribution in [0.2, 0.25) is 0 Å². The maximum Gasteiger partial charge on any atom is 0.375 e. The highest BCUT2D eigenvalue weighted by atomic mass is 16.5. The highest BCUT2D eigenvalue weighted by Gasteiger charge is 2.35. The number of hydrogen-bond donors (Lipinski definition) is 0. The van der Waals surface area contributed by atoms with Crippen molar-refractivity contribution in [1.82, 2.24) is 4.90 Å². The number of esters is 1. The summed E-state index contributed by atoms with van der Waals surface area (Å²) in [5, 5.41) is 0.814. The Labute approximate surface area is 164 Å². The first kappa shape index (κ1) is 18.7. The first-order valence-electron chi connectivity index (χ1n) is 9.86. The van der Waals surface area contributed by atoms with Gasteiger partial charge in [-0.25, -0.2) is 4.79 Å². The normalized spacial score (nSPS) is 16.7. The van der Waals surface area contributed by atoms with Crippen molar-refractivity contribution in [2.24, 2.45) is 0 Å². The largest absolute Gasteiger partial charge is 0.450 e. The average molecular weight is 383 g/mol. The number of benzene rings is 1. The van der Waals surface area contributed by atoms with Gasteiger partial charge in [0.15, 0.2) is 6.61 Å². The molecule has 0 bridgehead atoms. The molecule has 2 aliphatic carbocycles. The molecular weight excluding hydrogens is 358 g/mol. The first-order chi connectivity index (χ1) is 13.7. The molecule has 1 amide bonds. The lowest BCUT2D eigenvalue weighted by Gasteiger charge is -2.27. The third-order valence-electron chi connectivity index (χ3n) is 5.26. The fraction of sp³-hybridized carbons (Fsp3) is 0.455. The summed E-state index contributed by atoms with van der Waals surface area (Å²) in [5.74, 6) is -0.691. The lowest BCUT2D eigenvalue weighted by Crippen LogP contribution is -2.36. The van der Waals surface area contributed by atoms with Crippen LogP contribution in [-0.4, -0.2) is 36.5 Å². The van der Waals surface area contributed by atoms with E-state index in [2.05, 4.69) is 6.08 Å². The van der Waals surface area contributed by atoms with Gasteiger partial charge in [0.25, 0.3) is 5.91 Å². The van der Waals surface area contributed by atoms with Gasteiger partial charge in [0, 0.05) is 29.8 Å². The summed E-state index contributed by atoms with van der Waals surface area (Å²) in [5.41, 5.74) is 2.32. The number of fused-ring (bicyclic) bond motifs is 1. The van der Waals surface area contributed by atoms with Gasteiger partial charge in [0.05, 0.1) is 6.61 Å². The van der Waals surface area contributed by atoms with E-state index in [1.807, 2.05) is 23.1 Å². The topological polar surface area (TPSA) is 69.0 Å². The second-order valence-electron chi connectivity index (χ2n) is 7.35. The van der Waals surface area contributed by atoms with Crippen molar-refractivity contribution in [3.63, 3.8) is 0 Å². The second kappa shape index (κ2) is 8.19. The number of carbonyl (C=O) groups is 2. The Morgan fingerprint density at radius 3 is 2.75 bits per heavy atom. The van der Waals surface area contributed by atoms with E-state index in [4.69, 9.17) is 13.9 Å². The fourth-order valence-electron chi connectivity index (χ4n) is 3.78. The zero-order chi connectivity index (χ0) is 19.5. The maximum absolute atomic E-state index is 12.8. The number of allylic oxidation sites excluding steroid dienone is 2. The van der Waals surface area contributed by atoms with Crippen LogP contribution in [0.1, 0.15) is 54.6 Å². The molecule has 0 radical (unpaired) electrons. The van der Waals surface area contributed by atoms with Gasteiger partial charge in [0.2, 0.25) is 5.76 Å². The zero-order valence-corrected chi connectivity index (χ0v) is 16.1. The van der Waals surface area contributed by atoms with E-state index in [0.717, 1.165) is 43.2 Å². The standard InChI is InChI=1S/C22H25NO5/c1-26-13-18-17-9-5-6-10-19(17)28-21(18)22(25)27-14-20(24)23(16-11-12-16)15-7-3-2-4-8-15/h5-7,9-10,16H,2-4,8,11-14H2,1H3. The smallest absolute Gasteiger partial charge is 0.375 e. The SMILES string of the molecule is COCc1c(C(=O)OCC(=O)N(C2=CCCCC2)C2CC2)oc2ccccc12. The molecule has 6 heteroatoms. The Hall–Kier alpha value is -2.60. The monoisotopic (exact) mass is 383 g/mol. The molecule has 1 aromatic carbocycles. The Bertz CT molecular complexity index is 909. The molecule has 0 saturated heterocycles. The van der Waals surface area contributed by atoms with Crippen LogP contribution >= 0.6 is 0 Å². The molecule has 0 aliphatic heterocycles. The number of ether oxygens (including phenoxy) is 2. The van der Waals surface area contributed by atoms with Gasteiger partial charge in [0.1, 0.15) is 5.58 Å². The Kier molecular flexibility index (Phi) is 5.48. The number of para-hydroxylation sites is 1. The van der Waals surface area contributed by atoms with Crippen molar-refractivity contribution in [1.29, 1.82) is 0 Å². The molecule has 0 N–H and O–H groups in total. The predicted octanol–water partition coefficient (Wildman–Crippen LogP) is 4.18. The number of rotatable bonds is 7. The minimum atomic E-state index is -0.634. The predicted molar refractivity (Wildman–Crippen MR) is 104 cm³/mol. The number of furan rings is 1. The molecule has 28 heavy (non-hydrogen) atoms.